The zero-order valence-electron chi connectivity index (χ0n) is 61.0. The fourth-order valence-corrected chi connectivity index (χ4v) is 10.7. The number of nitrogens with one attached hydrogen (secondary N) is 13. The van der Waals surface area contributed by atoms with Gasteiger partial charge in [-0.15, -0.1) is 0 Å². The van der Waals surface area contributed by atoms with Crippen LogP contribution < -0.4 is 74.9 Å². The molecule has 0 spiro atoms. The molecule has 3 aromatic rings. The van der Waals surface area contributed by atoms with Crippen molar-refractivity contribution in [2.45, 2.75) is 191 Å². The maximum Gasteiger partial charge on any atom is 0.326 e. The van der Waals surface area contributed by atoms with Gasteiger partial charge < -0.3 is 111 Å². The van der Waals surface area contributed by atoms with E-state index in [1.54, 1.807) is 76.4 Å². The molecule has 0 bridgehead atoms. The van der Waals surface area contributed by atoms with E-state index in [2.05, 4.69) is 69.1 Å². The summed E-state index contributed by atoms with van der Waals surface area (Å²) < 4.78 is 0. The molecule has 13 amide bonds. The van der Waals surface area contributed by atoms with Crippen LogP contribution in [-0.4, -0.2) is 241 Å². The third-order valence-electron chi connectivity index (χ3n) is 17.1. The van der Waals surface area contributed by atoms with Gasteiger partial charge in [-0.25, -0.2) is 4.79 Å². The summed E-state index contributed by atoms with van der Waals surface area (Å²) in [5.41, 5.74) is 7.44. The number of aliphatic carboxylic acids is 2. The molecule has 0 unspecified atom stereocenters. The van der Waals surface area contributed by atoms with Gasteiger partial charge >= 0.3 is 11.9 Å². The molecule has 0 aliphatic rings. The van der Waals surface area contributed by atoms with E-state index < -0.39 is 218 Å². The highest BCUT2D eigenvalue weighted by molar-refractivity contribution is 7.98. The van der Waals surface area contributed by atoms with Gasteiger partial charge in [0.1, 0.15) is 84.0 Å². The summed E-state index contributed by atoms with van der Waals surface area (Å²) in [4.78, 5) is 202. The van der Waals surface area contributed by atoms with Crippen molar-refractivity contribution in [2.75, 3.05) is 31.8 Å². The van der Waals surface area contributed by atoms with Crippen molar-refractivity contribution in [3.8, 4) is 11.5 Å². The van der Waals surface area contributed by atoms with E-state index in [1.165, 1.54) is 68.9 Å². The molecule has 0 heterocycles. The normalized spacial score (nSPS) is 15.6. The number of hydrogen-bond donors (Lipinski definition) is 21. The molecular weight excluding hydrogens is 1420 g/mol. The van der Waals surface area contributed by atoms with E-state index in [0.29, 0.717) is 28.9 Å². The third-order valence-corrected chi connectivity index (χ3v) is 17.8. The van der Waals surface area contributed by atoms with E-state index in [4.69, 9.17) is 5.73 Å². The van der Waals surface area contributed by atoms with Gasteiger partial charge in [-0.3, -0.25) is 67.1 Å². The topological polar surface area (TPSA) is 580 Å². The molecule has 16 atom stereocenters. The molecule has 0 radical (unpaired) electrons. The Balaban J connectivity index is 1.77. The van der Waals surface area contributed by atoms with Crippen molar-refractivity contribution in [1.82, 2.24) is 69.1 Å². The quantitative estimate of drug-likeness (QED) is 0.0254. The highest BCUT2D eigenvalue weighted by Crippen LogP contribution is 2.16. The lowest BCUT2D eigenvalue weighted by Gasteiger charge is -2.29. The van der Waals surface area contributed by atoms with E-state index >= 15 is 0 Å². The highest BCUT2D eigenvalue weighted by atomic mass is 32.2. The van der Waals surface area contributed by atoms with Crippen LogP contribution >= 0.6 is 11.8 Å². The van der Waals surface area contributed by atoms with Crippen LogP contribution in [0.4, 0.5) is 0 Å². The molecule has 590 valence electrons. The summed E-state index contributed by atoms with van der Waals surface area (Å²) in [5, 5.41) is 101. The van der Waals surface area contributed by atoms with Gasteiger partial charge in [0.25, 0.3) is 0 Å². The summed E-state index contributed by atoms with van der Waals surface area (Å²) in [7, 11) is 0. The van der Waals surface area contributed by atoms with Crippen LogP contribution in [0.2, 0.25) is 0 Å². The molecule has 0 saturated carbocycles. The SMILES string of the molecule is CC[C@H](C)[C@H](NC(=O)[C@H](CO)NC(=O)[C@H](Cc1ccc(O)cc1)NC(=O)[C@H](C)NC(=O)[C@H](CO)NC(=O)[C@@H](NC(=O)[C@H](Cc1ccccc1)NC(=O)[C@@H](NC(=O)CNC(=O)[C@H](CCC(=O)O)NC(=O)[C@H](C)NC(=O)[C@@H](N)Cc1ccc(O)cc1)[C@@H](C)O)[C@@H](C)CC)C(=O)N[C@@H](C)C(=O)N[C@@H](CCSC)C(=O)O. The van der Waals surface area contributed by atoms with Crippen LogP contribution in [0.3, 0.4) is 0 Å². The minimum atomic E-state index is -1.84. The van der Waals surface area contributed by atoms with Gasteiger partial charge in [0.2, 0.25) is 76.8 Å². The van der Waals surface area contributed by atoms with Crippen LogP contribution in [0.25, 0.3) is 0 Å². The Morgan fingerprint density at radius 2 is 0.785 bits per heavy atom. The zero-order chi connectivity index (χ0) is 80.4. The summed E-state index contributed by atoms with van der Waals surface area (Å²) in [6, 6.07) is -0.273. The number of carboxylic acids is 2. The number of nitrogens with two attached hydrogens (primary N) is 1. The minimum Gasteiger partial charge on any atom is -0.508 e. The van der Waals surface area contributed by atoms with E-state index in [-0.39, 0.29) is 43.6 Å². The number of aromatic hydroxyl groups is 2. The molecule has 3 rings (SSSR count). The number of phenolic OH excluding ortho intramolecular Hbond substituents is 2. The maximum absolute atomic E-state index is 14.5. The molecule has 107 heavy (non-hydrogen) atoms. The fraction of sp³-hybridized carbons (Fsp3) is 0.529. The minimum absolute atomic E-state index is 0.0125. The third kappa shape index (κ3) is 31.2. The first-order valence-electron chi connectivity index (χ1n) is 34.6. The average molecular weight is 1520 g/mol. The van der Waals surface area contributed by atoms with Gasteiger partial charge in [0.15, 0.2) is 0 Å². The van der Waals surface area contributed by atoms with Gasteiger partial charge in [-0.2, -0.15) is 11.8 Å². The van der Waals surface area contributed by atoms with Gasteiger partial charge in [0, 0.05) is 19.3 Å². The van der Waals surface area contributed by atoms with Crippen molar-refractivity contribution in [2.24, 2.45) is 17.6 Å². The van der Waals surface area contributed by atoms with Crippen molar-refractivity contribution < 1.29 is 108 Å². The molecule has 0 fully saturated rings. The van der Waals surface area contributed by atoms with Crippen LogP contribution in [-0.2, 0) is 91.2 Å². The largest absolute Gasteiger partial charge is 0.508 e. The number of hydrogen-bond acceptors (Lipinski definition) is 22. The maximum atomic E-state index is 14.5. The number of carboxylic acid groups (broad SMARTS) is 2. The predicted octanol–water partition coefficient (Wildman–Crippen LogP) is -4.39. The summed E-state index contributed by atoms with van der Waals surface area (Å²) in [5.74, 6) is -16.8. The fourth-order valence-electron chi connectivity index (χ4n) is 10.2. The first-order chi connectivity index (χ1) is 50.5. The molecule has 22 N–H and O–H groups in total. The van der Waals surface area contributed by atoms with E-state index in [0.717, 1.165) is 6.92 Å². The molecule has 37 heteroatoms. The summed E-state index contributed by atoms with van der Waals surface area (Å²) >= 11 is 1.36. The predicted molar refractivity (Wildman–Crippen MR) is 387 cm³/mol. The molecule has 0 aliphatic heterocycles. The van der Waals surface area contributed by atoms with Crippen molar-refractivity contribution in [3.63, 3.8) is 0 Å². The lowest BCUT2D eigenvalue weighted by atomic mass is 9.96. The van der Waals surface area contributed by atoms with Crippen LogP contribution in [0, 0.1) is 11.8 Å². The molecule has 36 nitrogen and oxygen atoms in total. The lowest BCUT2D eigenvalue weighted by molar-refractivity contribution is -0.142. The monoisotopic (exact) mass is 1520 g/mol. The average Bonchev–Trinajstić information content (AvgIpc) is 0.848. The Morgan fingerprint density at radius 3 is 1.23 bits per heavy atom. The highest BCUT2D eigenvalue weighted by Gasteiger charge is 2.38. The number of rotatable bonds is 46. The van der Waals surface area contributed by atoms with Crippen LogP contribution in [0.15, 0.2) is 78.9 Å². The Hall–Kier alpha value is -10.5. The summed E-state index contributed by atoms with van der Waals surface area (Å²) in [6.45, 7) is 8.34. The standard InChI is InChI=1S/C70H102N14O22S/c1-10-35(3)55(67(102)75-39(7)59(94)77-48(70(105)106)27-28-107-9)84-66(101)52(34-86)80-63(98)49(31-43-19-23-45(89)24-20-43)78-60(95)38(6)74-65(100)51(33-85)81-68(103)56(36(4)11-2)83-64(99)50(30-41-15-13-12-14-16-41)79-69(104)57(40(8)87)82-53(90)32-72-62(97)47(25-26-54(91)92)76-58(93)37(5)73-61(96)46(71)29-42-17-21-44(88)22-18-42/h12-24,35-40,46-52,55-57,85-89H,10-11,25-34,71H2,1-9H3,(H,72,97)(H,73,96)(H,74,100)(H,75,102)(H,76,93)(H,77,94)(H,78,95)(H,79,104)(H,80,98)(H,81,103)(H,82,90)(H,83,99)(H,84,101)(H,91,92)(H,105,106)/t35-,36-,37-,38-,39-,40+,46-,47-,48-,49-,50-,51-,52-,55-,56-,57-/m0/s1. The molecule has 0 saturated heterocycles. The van der Waals surface area contributed by atoms with Gasteiger partial charge in [-0.05, 0) is 112 Å². The zero-order valence-corrected chi connectivity index (χ0v) is 61.8. The number of carbonyl (C=O) groups is 15. The molecule has 3 aromatic carbocycles. The molecule has 0 aliphatic carbocycles. The second-order valence-corrected chi connectivity index (χ2v) is 26.7. The van der Waals surface area contributed by atoms with Crippen molar-refractivity contribution in [1.29, 1.82) is 0 Å². The van der Waals surface area contributed by atoms with E-state index in [9.17, 15) is 108 Å². The van der Waals surface area contributed by atoms with Crippen molar-refractivity contribution >= 4 is 100 Å². The summed E-state index contributed by atoms with van der Waals surface area (Å²) in [6.07, 6.45) is -1.03. The van der Waals surface area contributed by atoms with Crippen LogP contribution in [0.1, 0.15) is 104 Å². The Bertz CT molecular complexity index is 3520. The second-order valence-electron chi connectivity index (χ2n) is 25.8. The first kappa shape index (κ1) is 90.7. The van der Waals surface area contributed by atoms with E-state index in [1.807, 2.05) is 0 Å². The van der Waals surface area contributed by atoms with Crippen LogP contribution in [0.5, 0.6) is 11.5 Å². The number of phenols is 2. The smallest absolute Gasteiger partial charge is 0.326 e. The molecular formula is C70H102N14O22S. The van der Waals surface area contributed by atoms with Crippen molar-refractivity contribution in [3.05, 3.63) is 95.6 Å². The van der Waals surface area contributed by atoms with Gasteiger partial charge in [-0.1, -0.05) is 95.1 Å². The number of carbonyl (C=O) groups excluding carboxylic acids is 13. The first-order valence-corrected chi connectivity index (χ1v) is 36.0. The number of thioether (sulfide) groups is 1. The number of amides is 13. The Kier molecular flexibility index (Phi) is 38.8. The number of aliphatic hydroxyl groups excluding tert-OH is 3. The second kappa shape index (κ2) is 45.8. The Labute approximate surface area is 622 Å². The number of aliphatic hydroxyl groups is 3. The Morgan fingerprint density at radius 1 is 0.411 bits per heavy atom. The lowest BCUT2D eigenvalue weighted by Crippen LogP contribution is -2.62. The molecule has 0 aromatic heterocycles. The van der Waals surface area contributed by atoms with Gasteiger partial charge in [0.05, 0.1) is 31.9 Å². The number of benzene rings is 3.